The van der Waals surface area contributed by atoms with Crippen molar-refractivity contribution in [3.63, 3.8) is 0 Å². The monoisotopic (exact) mass is 414 g/mol. The van der Waals surface area contributed by atoms with Crippen LogP contribution in [0.1, 0.15) is 34.5 Å². The SMILES string of the molecule is CC1(C(=O)NC(C(=O)Nc2ccccc2)c2ccccc2)Cc2ccccc2C(=O)O1. The Hall–Kier alpha value is -3.93. The second-order valence-corrected chi connectivity index (χ2v) is 7.63. The van der Waals surface area contributed by atoms with Crippen LogP contribution in [0.2, 0.25) is 0 Å². The first-order chi connectivity index (χ1) is 15.0. The molecule has 0 aromatic heterocycles. The zero-order valence-electron chi connectivity index (χ0n) is 17.0. The molecule has 2 amide bonds. The molecule has 0 radical (unpaired) electrons. The molecule has 0 saturated carbocycles. The molecule has 0 spiro atoms. The molecular formula is C25H22N2O4. The van der Waals surface area contributed by atoms with Crippen LogP contribution < -0.4 is 10.6 Å². The van der Waals surface area contributed by atoms with Crippen LogP contribution in [0.3, 0.4) is 0 Å². The van der Waals surface area contributed by atoms with Gasteiger partial charge in [0.25, 0.3) is 11.8 Å². The Balaban J connectivity index is 1.59. The summed E-state index contributed by atoms with van der Waals surface area (Å²) in [4.78, 5) is 38.8. The minimum absolute atomic E-state index is 0.225. The number of hydrogen-bond acceptors (Lipinski definition) is 4. The van der Waals surface area contributed by atoms with Gasteiger partial charge in [0.15, 0.2) is 5.60 Å². The van der Waals surface area contributed by atoms with E-state index in [2.05, 4.69) is 10.6 Å². The average Bonchev–Trinajstić information content (AvgIpc) is 2.78. The lowest BCUT2D eigenvalue weighted by Crippen LogP contribution is -2.53. The van der Waals surface area contributed by atoms with E-state index in [1.54, 1.807) is 61.5 Å². The minimum Gasteiger partial charge on any atom is -0.445 e. The Morgan fingerprint density at radius 2 is 1.52 bits per heavy atom. The number of amides is 2. The number of ether oxygens (including phenoxy) is 1. The van der Waals surface area contributed by atoms with Crippen molar-refractivity contribution in [3.05, 3.63) is 102 Å². The molecule has 6 nitrogen and oxygen atoms in total. The first-order valence-electron chi connectivity index (χ1n) is 9.99. The van der Waals surface area contributed by atoms with E-state index in [0.717, 1.165) is 5.56 Å². The number of para-hydroxylation sites is 1. The zero-order chi connectivity index (χ0) is 21.8. The summed E-state index contributed by atoms with van der Waals surface area (Å²) in [6, 6.07) is 24.0. The van der Waals surface area contributed by atoms with Gasteiger partial charge in [0, 0.05) is 12.1 Å². The van der Waals surface area contributed by atoms with Crippen molar-refractivity contribution in [3.8, 4) is 0 Å². The number of rotatable bonds is 5. The standard InChI is InChI=1S/C25H22N2O4/c1-25(16-18-12-8-9-15-20(18)23(29)31-25)24(30)27-21(17-10-4-2-5-11-17)22(28)26-19-13-6-3-7-14-19/h2-15,21H,16H2,1H3,(H,26,28)(H,27,30). The molecule has 2 N–H and O–H groups in total. The minimum atomic E-state index is -1.43. The fourth-order valence-electron chi connectivity index (χ4n) is 3.62. The summed E-state index contributed by atoms with van der Waals surface area (Å²) in [6.07, 6.45) is 0.225. The summed E-state index contributed by atoms with van der Waals surface area (Å²) < 4.78 is 5.51. The lowest BCUT2D eigenvalue weighted by molar-refractivity contribution is -0.142. The third-order valence-electron chi connectivity index (χ3n) is 5.28. The summed E-state index contributed by atoms with van der Waals surface area (Å²) in [7, 11) is 0. The molecule has 2 unspecified atom stereocenters. The molecule has 1 heterocycles. The van der Waals surface area contributed by atoms with Gasteiger partial charge in [-0.05, 0) is 36.2 Å². The highest BCUT2D eigenvalue weighted by atomic mass is 16.6. The van der Waals surface area contributed by atoms with Gasteiger partial charge in [-0.2, -0.15) is 0 Å². The van der Waals surface area contributed by atoms with Gasteiger partial charge in [-0.1, -0.05) is 66.7 Å². The molecular weight excluding hydrogens is 392 g/mol. The first kappa shape index (κ1) is 20.3. The number of hydrogen-bond donors (Lipinski definition) is 2. The Morgan fingerprint density at radius 3 is 2.23 bits per heavy atom. The normalized spacial score (nSPS) is 18.3. The molecule has 1 aliphatic rings. The maximum absolute atomic E-state index is 13.2. The van der Waals surface area contributed by atoms with Crippen molar-refractivity contribution in [1.82, 2.24) is 5.32 Å². The Morgan fingerprint density at radius 1 is 0.903 bits per heavy atom. The average molecular weight is 414 g/mol. The Kier molecular flexibility index (Phi) is 5.54. The number of nitrogens with one attached hydrogen (secondary N) is 2. The molecule has 156 valence electrons. The van der Waals surface area contributed by atoms with Crippen LogP contribution in [-0.4, -0.2) is 23.4 Å². The van der Waals surface area contributed by atoms with Gasteiger partial charge in [-0.15, -0.1) is 0 Å². The third-order valence-corrected chi connectivity index (χ3v) is 5.28. The zero-order valence-corrected chi connectivity index (χ0v) is 17.0. The predicted molar refractivity (Wildman–Crippen MR) is 116 cm³/mol. The van der Waals surface area contributed by atoms with Crippen molar-refractivity contribution in [2.45, 2.75) is 25.0 Å². The predicted octanol–water partition coefficient (Wildman–Crippen LogP) is 3.65. The van der Waals surface area contributed by atoms with Gasteiger partial charge in [-0.3, -0.25) is 9.59 Å². The van der Waals surface area contributed by atoms with E-state index in [1.165, 1.54) is 0 Å². The van der Waals surface area contributed by atoms with Crippen LogP contribution in [0.25, 0.3) is 0 Å². The molecule has 4 rings (SSSR count). The van der Waals surface area contributed by atoms with E-state index in [0.29, 0.717) is 16.8 Å². The molecule has 0 fully saturated rings. The number of carbonyl (C=O) groups is 3. The lowest BCUT2D eigenvalue weighted by atomic mass is 9.89. The third kappa shape index (κ3) is 4.33. The van der Waals surface area contributed by atoms with Crippen LogP contribution in [-0.2, 0) is 20.7 Å². The van der Waals surface area contributed by atoms with Crippen LogP contribution in [0.5, 0.6) is 0 Å². The van der Waals surface area contributed by atoms with E-state index in [1.807, 2.05) is 30.3 Å². The van der Waals surface area contributed by atoms with Crippen molar-refractivity contribution in [2.24, 2.45) is 0 Å². The van der Waals surface area contributed by atoms with Crippen LogP contribution in [0, 0.1) is 0 Å². The number of fused-ring (bicyclic) bond motifs is 1. The van der Waals surface area contributed by atoms with E-state index < -0.39 is 29.4 Å². The summed E-state index contributed by atoms with van der Waals surface area (Å²) >= 11 is 0. The molecule has 2 atom stereocenters. The number of carbonyl (C=O) groups excluding carboxylic acids is 3. The van der Waals surface area contributed by atoms with Gasteiger partial charge < -0.3 is 15.4 Å². The van der Waals surface area contributed by atoms with Gasteiger partial charge in [0.2, 0.25) is 0 Å². The quantitative estimate of drug-likeness (QED) is 0.624. The van der Waals surface area contributed by atoms with E-state index in [9.17, 15) is 14.4 Å². The van der Waals surface area contributed by atoms with Crippen molar-refractivity contribution >= 4 is 23.5 Å². The van der Waals surface area contributed by atoms with Gasteiger partial charge in [-0.25, -0.2) is 4.79 Å². The molecule has 3 aromatic carbocycles. The molecule has 31 heavy (non-hydrogen) atoms. The van der Waals surface area contributed by atoms with Crippen LogP contribution in [0.15, 0.2) is 84.9 Å². The summed E-state index contributed by atoms with van der Waals surface area (Å²) in [5.74, 6) is -1.48. The summed E-state index contributed by atoms with van der Waals surface area (Å²) in [5, 5.41) is 5.61. The highest BCUT2D eigenvalue weighted by Gasteiger charge is 2.44. The summed E-state index contributed by atoms with van der Waals surface area (Å²) in [5.41, 5.74) is 1.00. The number of anilines is 1. The maximum Gasteiger partial charge on any atom is 0.339 e. The molecule has 0 bridgehead atoms. The molecule has 6 heteroatoms. The molecule has 1 aliphatic heterocycles. The van der Waals surface area contributed by atoms with Gasteiger partial charge in [0.1, 0.15) is 6.04 Å². The Labute approximate surface area is 180 Å². The molecule has 3 aromatic rings. The highest BCUT2D eigenvalue weighted by Crippen LogP contribution is 2.29. The van der Waals surface area contributed by atoms with E-state index in [-0.39, 0.29) is 6.42 Å². The smallest absolute Gasteiger partial charge is 0.339 e. The van der Waals surface area contributed by atoms with Crippen molar-refractivity contribution in [1.29, 1.82) is 0 Å². The van der Waals surface area contributed by atoms with Crippen LogP contribution in [0.4, 0.5) is 5.69 Å². The highest BCUT2D eigenvalue weighted by molar-refractivity contribution is 6.01. The molecule has 0 saturated heterocycles. The Bertz CT molecular complexity index is 1110. The number of esters is 1. The first-order valence-corrected chi connectivity index (χ1v) is 9.99. The topological polar surface area (TPSA) is 84.5 Å². The lowest BCUT2D eigenvalue weighted by Gasteiger charge is -2.34. The fourth-order valence-corrected chi connectivity index (χ4v) is 3.62. The second kappa shape index (κ2) is 8.44. The van der Waals surface area contributed by atoms with E-state index in [4.69, 9.17) is 4.74 Å². The second-order valence-electron chi connectivity index (χ2n) is 7.63. The van der Waals surface area contributed by atoms with Gasteiger partial charge in [0.05, 0.1) is 5.56 Å². The van der Waals surface area contributed by atoms with E-state index >= 15 is 0 Å². The summed E-state index contributed by atoms with van der Waals surface area (Å²) in [6.45, 7) is 1.56. The maximum atomic E-state index is 13.2. The fraction of sp³-hybridized carbons (Fsp3) is 0.160. The van der Waals surface area contributed by atoms with Gasteiger partial charge >= 0.3 is 5.97 Å². The van der Waals surface area contributed by atoms with Crippen molar-refractivity contribution in [2.75, 3.05) is 5.32 Å². The molecule has 0 aliphatic carbocycles. The van der Waals surface area contributed by atoms with Crippen LogP contribution >= 0.6 is 0 Å². The van der Waals surface area contributed by atoms with Crippen molar-refractivity contribution < 1.29 is 19.1 Å². The number of cyclic esters (lactones) is 1. The largest absolute Gasteiger partial charge is 0.445 e. The number of benzene rings is 3.